The van der Waals surface area contributed by atoms with Gasteiger partial charge >= 0.3 is 0 Å². The fourth-order valence-electron chi connectivity index (χ4n) is 3.25. The number of methoxy groups -OCH3 is 1. The number of carbonyl (C=O) groups excluding carboxylic acids is 2. The van der Waals surface area contributed by atoms with Gasteiger partial charge in [-0.2, -0.15) is 0 Å². The van der Waals surface area contributed by atoms with Crippen molar-refractivity contribution in [1.29, 1.82) is 0 Å². The third kappa shape index (κ3) is 3.53. The number of amides is 2. The van der Waals surface area contributed by atoms with Crippen molar-refractivity contribution in [2.45, 2.75) is 13.3 Å². The van der Waals surface area contributed by atoms with Gasteiger partial charge in [-0.1, -0.05) is 19.1 Å². The molecule has 1 aliphatic heterocycles. The molecular formula is C18H25N3O3. The number of nitrogens with zero attached hydrogens (tertiary/aromatic N) is 2. The van der Waals surface area contributed by atoms with E-state index in [1.807, 2.05) is 17.0 Å². The van der Waals surface area contributed by atoms with Crippen LogP contribution in [0.4, 0.5) is 5.69 Å². The minimum atomic E-state index is -0.216. The van der Waals surface area contributed by atoms with Crippen molar-refractivity contribution in [3.8, 4) is 5.75 Å². The molecule has 0 radical (unpaired) electrons. The van der Waals surface area contributed by atoms with Crippen LogP contribution in [0.25, 0.3) is 0 Å². The van der Waals surface area contributed by atoms with Crippen LogP contribution in [0.5, 0.6) is 5.75 Å². The maximum Gasteiger partial charge on any atom is 0.228 e. The number of nitrogens with one attached hydrogen (secondary N) is 1. The monoisotopic (exact) mass is 331 g/mol. The molecule has 2 unspecified atom stereocenters. The Bertz CT molecular complexity index is 611. The van der Waals surface area contributed by atoms with E-state index in [1.54, 1.807) is 19.2 Å². The lowest BCUT2D eigenvalue weighted by molar-refractivity contribution is -0.135. The van der Waals surface area contributed by atoms with Gasteiger partial charge in [0.15, 0.2) is 0 Å². The molecule has 3 rings (SSSR count). The topological polar surface area (TPSA) is 61.9 Å². The smallest absolute Gasteiger partial charge is 0.228 e. The first-order chi connectivity index (χ1) is 11.6. The second-order valence-corrected chi connectivity index (χ2v) is 6.40. The van der Waals surface area contributed by atoms with Crippen molar-refractivity contribution in [2.75, 3.05) is 45.2 Å². The first-order valence-electron chi connectivity index (χ1n) is 8.59. The Hall–Kier alpha value is -2.08. The molecule has 1 aliphatic carbocycles. The zero-order chi connectivity index (χ0) is 17.1. The van der Waals surface area contributed by atoms with Crippen LogP contribution < -0.4 is 10.1 Å². The summed E-state index contributed by atoms with van der Waals surface area (Å²) in [6, 6.07) is 7.31. The predicted octanol–water partition coefficient (Wildman–Crippen LogP) is 1.43. The fraction of sp³-hybridized carbons (Fsp3) is 0.556. The van der Waals surface area contributed by atoms with E-state index in [0.29, 0.717) is 17.9 Å². The number of para-hydroxylation sites is 2. The highest BCUT2D eigenvalue weighted by atomic mass is 16.5. The number of ether oxygens (including phenoxy) is 1. The number of anilines is 1. The first kappa shape index (κ1) is 16.8. The van der Waals surface area contributed by atoms with Crippen LogP contribution in [-0.2, 0) is 9.59 Å². The Morgan fingerprint density at radius 1 is 1.17 bits per heavy atom. The highest BCUT2D eigenvalue weighted by Crippen LogP contribution is 2.41. The number of hydrogen-bond donors (Lipinski definition) is 1. The van der Waals surface area contributed by atoms with Gasteiger partial charge in [-0.3, -0.25) is 9.59 Å². The molecule has 0 spiro atoms. The Kier molecular flexibility index (Phi) is 5.04. The van der Waals surface area contributed by atoms with Crippen LogP contribution in [0.3, 0.4) is 0 Å². The number of likely N-dealkylation sites (N-methyl/N-ethyl adjacent to an activating group) is 1. The van der Waals surface area contributed by atoms with Crippen molar-refractivity contribution < 1.29 is 14.3 Å². The second-order valence-electron chi connectivity index (χ2n) is 6.40. The molecule has 6 heteroatoms. The van der Waals surface area contributed by atoms with Crippen molar-refractivity contribution in [2.24, 2.45) is 11.8 Å². The molecule has 2 fully saturated rings. The molecule has 1 heterocycles. The zero-order valence-electron chi connectivity index (χ0n) is 14.3. The summed E-state index contributed by atoms with van der Waals surface area (Å²) < 4.78 is 5.24. The Labute approximate surface area is 142 Å². The van der Waals surface area contributed by atoms with E-state index in [1.165, 1.54) is 0 Å². The van der Waals surface area contributed by atoms with Gasteiger partial charge < -0.3 is 19.9 Å². The van der Waals surface area contributed by atoms with Crippen LogP contribution in [-0.4, -0.2) is 61.4 Å². The van der Waals surface area contributed by atoms with Gasteiger partial charge in [-0.15, -0.1) is 0 Å². The van der Waals surface area contributed by atoms with Crippen molar-refractivity contribution in [3.05, 3.63) is 24.3 Å². The van der Waals surface area contributed by atoms with E-state index in [4.69, 9.17) is 4.74 Å². The van der Waals surface area contributed by atoms with Crippen molar-refractivity contribution in [1.82, 2.24) is 9.80 Å². The van der Waals surface area contributed by atoms with Gasteiger partial charge in [0.2, 0.25) is 11.8 Å². The highest BCUT2D eigenvalue weighted by Gasteiger charge is 2.49. The van der Waals surface area contributed by atoms with Crippen LogP contribution in [0, 0.1) is 11.8 Å². The number of piperazine rings is 1. The molecule has 1 saturated carbocycles. The highest BCUT2D eigenvalue weighted by molar-refractivity contribution is 6.00. The molecule has 1 aromatic carbocycles. The average molecular weight is 331 g/mol. The average Bonchev–Trinajstić information content (AvgIpc) is 3.42. The summed E-state index contributed by atoms with van der Waals surface area (Å²) in [6.45, 7) is 6.54. The van der Waals surface area contributed by atoms with Gasteiger partial charge in [0, 0.05) is 26.2 Å². The molecular weight excluding hydrogens is 306 g/mol. The van der Waals surface area contributed by atoms with E-state index in [9.17, 15) is 9.59 Å². The normalized spacial score (nSPS) is 23.7. The lowest BCUT2D eigenvalue weighted by atomic mass is 10.2. The summed E-state index contributed by atoms with van der Waals surface area (Å²) in [5.74, 6) is 0.292. The quantitative estimate of drug-likeness (QED) is 0.887. The second kappa shape index (κ2) is 7.21. The Morgan fingerprint density at radius 2 is 1.88 bits per heavy atom. The minimum Gasteiger partial charge on any atom is -0.495 e. The number of carbonyl (C=O) groups is 2. The SMILES string of the molecule is CCN1CCN(C(=O)C2CC2C(=O)Nc2ccccc2OC)CC1. The van der Waals surface area contributed by atoms with Gasteiger partial charge in [-0.25, -0.2) is 0 Å². The summed E-state index contributed by atoms with van der Waals surface area (Å²) >= 11 is 0. The van der Waals surface area contributed by atoms with E-state index in [2.05, 4.69) is 17.1 Å². The van der Waals surface area contributed by atoms with E-state index >= 15 is 0 Å². The van der Waals surface area contributed by atoms with Crippen molar-refractivity contribution in [3.63, 3.8) is 0 Å². The Morgan fingerprint density at radius 3 is 2.54 bits per heavy atom. The summed E-state index contributed by atoms with van der Waals surface area (Å²) in [6.07, 6.45) is 0.647. The largest absolute Gasteiger partial charge is 0.495 e. The molecule has 24 heavy (non-hydrogen) atoms. The maximum absolute atomic E-state index is 12.5. The number of hydrogen-bond acceptors (Lipinski definition) is 4. The molecule has 2 atom stereocenters. The zero-order valence-corrected chi connectivity index (χ0v) is 14.3. The van der Waals surface area contributed by atoms with Crippen LogP contribution >= 0.6 is 0 Å². The lowest BCUT2D eigenvalue weighted by Crippen LogP contribution is -2.49. The summed E-state index contributed by atoms with van der Waals surface area (Å²) in [5, 5.41) is 2.88. The van der Waals surface area contributed by atoms with Crippen LogP contribution in [0.15, 0.2) is 24.3 Å². The summed E-state index contributed by atoms with van der Waals surface area (Å²) in [7, 11) is 1.57. The predicted molar refractivity (Wildman–Crippen MR) is 91.9 cm³/mol. The van der Waals surface area contributed by atoms with E-state index in [0.717, 1.165) is 32.7 Å². The first-order valence-corrected chi connectivity index (χ1v) is 8.59. The standard InChI is InChI=1S/C18H25N3O3/c1-3-20-8-10-21(11-9-20)18(23)14-12-13(14)17(22)19-15-6-4-5-7-16(15)24-2/h4-7,13-14H,3,8-12H2,1-2H3,(H,19,22). The van der Waals surface area contributed by atoms with E-state index < -0.39 is 0 Å². The molecule has 0 aromatic heterocycles. The maximum atomic E-state index is 12.5. The molecule has 130 valence electrons. The summed E-state index contributed by atoms with van der Waals surface area (Å²) in [4.78, 5) is 29.2. The molecule has 0 bridgehead atoms. The molecule has 2 aliphatic rings. The van der Waals surface area contributed by atoms with E-state index in [-0.39, 0.29) is 23.7 Å². The van der Waals surface area contributed by atoms with Crippen LogP contribution in [0.1, 0.15) is 13.3 Å². The van der Waals surface area contributed by atoms with Gasteiger partial charge in [-0.05, 0) is 25.1 Å². The molecule has 6 nitrogen and oxygen atoms in total. The molecule has 1 N–H and O–H groups in total. The van der Waals surface area contributed by atoms with Crippen molar-refractivity contribution >= 4 is 17.5 Å². The molecule has 2 amide bonds. The fourth-order valence-corrected chi connectivity index (χ4v) is 3.25. The third-order valence-electron chi connectivity index (χ3n) is 4.94. The Balaban J connectivity index is 1.53. The molecule has 1 aromatic rings. The van der Waals surface area contributed by atoms with Gasteiger partial charge in [0.25, 0.3) is 0 Å². The van der Waals surface area contributed by atoms with Crippen LogP contribution in [0.2, 0.25) is 0 Å². The van der Waals surface area contributed by atoms with Gasteiger partial charge in [0.1, 0.15) is 5.75 Å². The molecule has 1 saturated heterocycles. The minimum absolute atomic E-state index is 0.0926. The third-order valence-corrected chi connectivity index (χ3v) is 4.94. The number of benzene rings is 1. The van der Waals surface area contributed by atoms with Gasteiger partial charge in [0.05, 0.1) is 24.6 Å². The number of rotatable bonds is 5. The summed E-state index contributed by atoms with van der Waals surface area (Å²) in [5.41, 5.74) is 0.652. The lowest BCUT2D eigenvalue weighted by Gasteiger charge is -2.34.